The highest BCUT2D eigenvalue weighted by Crippen LogP contribution is 2.31. The fourth-order valence-corrected chi connectivity index (χ4v) is 5.77. The number of fused-ring (bicyclic) bond motifs is 1. The van der Waals surface area contributed by atoms with Crippen LogP contribution in [0.2, 0.25) is 0 Å². The van der Waals surface area contributed by atoms with E-state index in [4.69, 9.17) is 0 Å². The molecule has 0 spiro atoms. The smallest absolute Gasteiger partial charge is 0.255 e. The molecule has 0 bridgehead atoms. The second-order valence-corrected chi connectivity index (χ2v) is 11.2. The number of rotatable bonds is 12. The first-order chi connectivity index (χ1) is 19.6. The number of hydrogen-bond acceptors (Lipinski definition) is 2. The molecule has 0 aliphatic rings. The molecule has 0 saturated carbocycles. The van der Waals surface area contributed by atoms with Crippen LogP contribution in [0.1, 0.15) is 47.7 Å². The van der Waals surface area contributed by atoms with Crippen LogP contribution in [0.15, 0.2) is 108 Å². The highest BCUT2D eigenvalue weighted by molar-refractivity contribution is 7.83. The lowest BCUT2D eigenvalue weighted by molar-refractivity contribution is 0.102. The first-order valence-corrected chi connectivity index (χ1v) is 15.1. The van der Waals surface area contributed by atoms with Crippen molar-refractivity contribution in [2.24, 2.45) is 0 Å². The van der Waals surface area contributed by atoms with Crippen LogP contribution in [0, 0.1) is 0 Å². The summed E-state index contributed by atoms with van der Waals surface area (Å²) in [5.74, 6) is -0.143. The molecule has 204 valence electrons. The molecule has 0 aliphatic carbocycles. The standard InChI is InChI=1S/C34H35N3O2S/c1-2-3-5-10-25-15-21-29(22-16-25)40(39)35-24-23-31-30-13-8-9-14-32(30)37-33(31)26-17-19-27(20-18-26)34(38)36-28-11-6-4-7-12-28/h4,6-9,11-22,35,37H,2-3,5,10,23-24H2,1H3,(H,36,38). The van der Waals surface area contributed by atoms with Crippen LogP contribution in [0.3, 0.4) is 0 Å². The van der Waals surface area contributed by atoms with Crippen molar-refractivity contribution in [2.45, 2.75) is 43.9 Å². The molecule has 4 aromatic carbocycles. The average molecular weight is 550 g/mol. The molecule has 0 fully saturated rings. The minimum absolute atomic E-state index is 0.143. The Morgan fingerprint density at radius 3 is 2.27 bits per heavy atom. The predicted molar refractivity (Wildman–Crippen MR) is 166 cm³/mol. The molecule has 6 heteroatoms. The molecule has 5 nitrogen and oxygen atoms in total. The lowest BCUT2D eigenvalue weighted by atomic mass is 10.0. The van der Waals surface area contributed by atoms with E-state index >= 15 is 0 Å². The molecule has 0 aliphatic heterocycles. The summed E-state index contributed by atoms with van der Waals surface area (Å²) in [6, 6.07) is 33.4. The number of H-pyrrole nitrogens is 1. The van der Waals surface area contributed by atoms with E-state index in [9.17, 15) is 9.00 Å². The van der Waals surface area contributed by atoms with Crippen molar-refractivity contribution in [3.63, 3.8) is 0 Å². The maximum absolute atomic E-state index is 12.9. The van der Waals surface area contributed by atoms with Gasteiger partial charge in [0.25, 0.3) is 5.91 Å². The highest BCUT2D eigenvalue weighted by atomic mass is 32.2. The van der Waals surface area contributed by atoms with Gasteiger partial charge in [-0.25, -0.2) is 8.93 Å². The highest BCUT2D eigenvalue weighted by Gasteiger charge is 2.15. The Morgan fingerprint density at radius 1 is 0.800 bits per heavy atom. The fourth-order valence-electron chi connectivity index (χ4n) is 4.93. The van der Waals surface area contributed by atoms with Crippen LogP contribution >= 0.6 is 0 Å². The number of aromatic amines is 1. The van der Waals surface area contributed by atoms with Gasteiger partial charge in [0.05, 0.1) is 4.90 Å². The summed E-state index contributed by atoms with van der Waals surface area (Å²) in [7, 11) is -1.28. The Labute approximate surface area is 238 Å². The van der Waals surface area contributed by atoms with E-state index in [0.29, 0.717) is 18.5 Å². The van der Waals surface area contributed by atoms with Gasteiger partial charge in [-0.3, -0.25) is 4.79 Å². The summed E-state index contributed by atoms with van der Waals surface area (Å²) in [5, 5.41) is 4.08. The monoisotopic (exact) mass is 549 g/mol. The number of benzene rings is 4. The number of carbonyl (C=O) groups excluding carboxylic acids is 1. The van der Waals surface area contributed by atoms with Gasteiger partial charge in [0.2, 0.25) is 0 Å². The van der Waals surface area contributed by atoms with Crippen molar-refractivity contribution in [3.05, 3.63) is 120 Å². The van der Waals surface area contributed by atoms with E-state index in [1.807, 2.05) is 78.9 Å². The Bertz CT molecular complexity index is 1580. The molecule has 40 heavy (non-hydrogen) atoms. The molecule has 0 saturated heterocycles. The second kappa shape index (κ2) is 13.4. The number of unbranched alkanes of at least 4 members (excludes halogenated alkanes) is 2. The zero-order valence-electron chi connectivity index (χ0n) is 22.8. The van der Waals surface area contributed by atoms with E-state index in [1.165, 1.54) is 24.8 Å². The largest absolute Gasteiger partial charge is 0.354 e. The summed E-state index contributed by atoms with van der Waals surface area (Å²) in [5.41, 5.74) is 6.88. The zero-order chi connectivity index (χ0) is 27.7. The van der Waals surface area contributed by atoms with Crippen molar-refractivity contribution < 1.29 is 9.00 Å². The number of aryl methyl sites for hydroxylation is 1. The molecule has 3 N–H and O–H groups in total. The lowest BCUT2D eigenvalue weighted by Gasteiger charge is -2.09. The number of carbonyl (C=O) groups is 1. The maximum Gasteiger partial charge on any atom is 0.255 e. The zero-order valence-corrected chi connectivity index (χ0v) is 23.6. The van der Waals surface area contributed by atoms with Crippen molar-refractivity contribution in [3.8, 4) is 11.3 Å². The summed E-state index contributed by atoms with van der Waals surface area (Å²) in [4.78, 5) is 17.1. The van der Waals surface area contributed by atoms with Gasteiger partial charge in [-0.2, -0.15) is 0 Å². The van der Waals surface area contributed by atoms with Gasteiger partial charge in [0.15, 0.2) is 0 Å². The van der Waals surface area contributed by atoms with Gasteiger partial charge in [-0.05, 0) is 78.4 Å². The third-order valence-corrected chi connectivity index (χ3v) is 8.26. The van der Waals surface area contributed by atoms with Crippen molar-refractivity contribution in [1.82, 2.24) is 9.71 Å². The first-order valence-electron chi connectivity index (χ1n) is 13.9. The maximum atomic E-state index is 12.9. The van der Waals surface area contributed by atoms with Crippen LogP contribution in [-0.2, 0) is 23.8 Å². The number of aromatic nitrogens is 1. The summed E-state index contributed by atoms with van der Waals surface area (Å²) in [6.07, 6.45) is 5.40. The van der Waals surface area contributed by atoms with Gasteiger partial charge in [-0.1, -0.05) is 80.4 Å². The van der Waals surface area contributed by atoms with Crippen molar-refractivity contribution in [1.29, 1.82) is 0 Å². The van der Waals surface area contributed by atoms with E-state index in [0.717, 1.165) is 44.7 Å². The van der Waals surface area contributed by atoms with E-state index in [1.54, 1.807) is 0 Å². The summed E-state index contributed by atoms with van der Waals surface area (Å²) >= 11 is 0. The Kier molecular flexibility index (Phi) is 9.22. The van der Waals surface area contributed by atoms with Gasteiger partial charge >= 0.3 is 0 Å². The minimum Gasteiger partial charge on any atom is -0.354 e. The van der Waals surface area contributed by atoms with Gasteiger partial charge in [0.1, 0.15) is 11.0 Å². The number of para-hydroxylation sites is 2. The Balaban J connectivity index is 1.27. The lowest BCUT2D eigenvalue weighted by Crippen LogP contribution is -2.20. The van der Waals surface area contributed by atoms with Crippen molar-refractivity contribution >= 4 is 33.5 Å². The quantitative estimate of drug-likeness (QED) is 0.140. The topological polar surface area (TPSA) is 74.0 Å². The van der Waals surface area contributed by atoms with Crippen molar-refractivity contribution in [2.75, 3.05) is 11.9 Å². The Hall–Kier alpha value is -4.00. The van der Waals surface area contributed by atoms with E-state index < -0.39 is 11.0 Å². The van der Waals surface area contributed by atoms with Gasteiger partial charge < -0.3 is 10.3 Å². The molecule has 5 aromatic rings. The first kappa shape index (κ1) is 27.6. The summed E-state index contributed by atoms with van der Waals surface area (Å²) in [6.45, 7) is 2.78. The molecule has 0 radical (unpaired) electrons. The fraction of sp³-hybridized carbons (Fsp3) is 0.206. The van der Waals surface area contributed by atoms with Crippen LogP contribution in [-0.4, -0.2) is 21.6 Å². The normalized spacial score (nSPS) is 11.9. The van der Waals surface area contributed by atoms with Crippen LogP contribution < -0.4 is 10.0 Å². The number of nitrogens with one attached hydrogen (secondary N) is 3. The molecule has 5 rings (SSSR count). The number of hydrogen-bond donors (Lipinski definition) is 3. The van der Waals surface area contributed by atoms with Gasteiger partial charge in [-0.15, -0.1) is 0 Å². The van der Waals surface area contributed by atoms with Crippen LogP contribution in [0.5, 0.6) is 0 Å². The molecule has 1 unspecified atom stereocenters. The van der Waals surface area contributed by atoms with Crippen LogP contribution in [0.25, 0.3) is 22.2 Å². The molecule has 1 amide bonds. The minimum atomic E-state index is -1.28. The second-order valence-electron chi connectivity index (χ2n) is 9.94. The Morgan fingerprint density at radius 2 is 1.52 bits per heavy atom. The van der Waals surface area contributed by atoms with E-state index in [2.05, 4.69) is 46.2 Å². The molecule has 1 atom stereocenters. The molecule has 1 heterocycles. The van der Waals surface area contributed by atoms with E-state index in [-0.39, 0.29) is 5.91 Å². The van der Waals surface area contributed by atoms with Crippen LogP contribution in [0.4, 0.5) is 5.69 Å². The summed E-state index contributed by atoms with van der Waals surface area (Å²) < 4.78 is 16.2. The third kappa shape index (κ3) is 6.76. The average Bonchev–Trinajstić information content (AvgIpc) is 3.36. The SMILES string of the molecule is CCCCCc1ccc(S(=O)NCCc2c(-c3ccc(C(=O)Nc4ccccc4)cc3)[nH]c3ccccc23)cc1. The van der Waals surface area contributed by atoms with Gasteiger partial charge in [0, 0.05) is 34.4 Å². The number of amides is 1. The molecular weight excluding hydrogens is 514 g/mol. The predicted octanol–water partition coefficient (Wildman–Crippen LogP) is 7.67. The number of anilines is 1. The third-order valence-electron chi connectivity index (χ3n) is 7.10. The molecule has 1 aromatic heterocycles. The molecular formula is C34H35N3O2S.